The zero-order valence-corrected chi connectivity index (χ0v) is 32.0. The molecule has 0 saturated heterocycles. The van der Waals surface area contributed by atoms with E-state index in [0.717, 1.165) is 0 Å². The van der Waals surface area contributed by atoms with E-state index < -0.39 is 0 Å². The molecule has 57 heavy (non-hydrogen) atoms. The molecule has 0 saturated carbocycles. The van der Waals surface area contributed by atoms with Crippen LogP contribution < -0.4 is 0 Å². The fourth-order valence-corrected chi connectivity index (χ4v) is 10.6. The molecule has 0 spiro atoms. The van der Waals surface area contributed by atoms with Crippen molar-refractivity contribution in [1.82, 2.24) is 0 Å². The van der Waals surface area contributed by atoms with Crippen LogP contribution in [0.4, 0.5) is 0 Å². The van der Waals surface area contributed by atoms with E-state index in [0.29, 0.717) is 0 Å². The summed E-state index contributed by atoms with van der Waals surface area (Å²) in [6, 6.07) is 72.5. The molecule has 0 amide bonds. The molecule has 11 aromatic carbocycles. The molecule has 1 aliphatic rings. The first kappa shape index (κ1) is 32.2. The van der Waals surface area contributed by atoms with Crippen LogP contribution in [0.1, 0.15) is 25.0 Å². The van der Waals surface area contributed by atoms with Crippen LogP contribution in [0.3, 0.4) is 0 Å². The van der Waals surface area contributed by atoms with Crippen molar-refractivity contribution < 1.29 is 0 Å². The third-order valence-corrected chi connectivity index (χ3v) is 12.9. The van der Waals surface area contributed by atoms with Crippen LogP contribution >= 0.6 is 0 Å². The lowest BCUT2D eigenvalue weighted by Crippen LogP contribution is -2.17. The summed E-state index contributed by atoms with van der Waals surface area (Å²) in [6.45, 7) is 4.86. The topological polar surface area (TPSA) is 0 Å². The van der Waals surface area contributed by atoms with Gasteiger partial charge in [0.1, 0.15) is 0 Å². The molecule has 0 heteroatoms. The van der Waals surface area contributed by atoms with Crippen LogP contribution in [-0.2, 0) is 5.41 Å². The average molecular weight is 723 g/mol. The van der Waals surface area contributed by atoms with Gasteiger partial charge >= 0.3 is 0 Å². The Morgan fingerprint density at radius 2 is 0.719 bits per heavy atom. The molecule has 1 aliphatic carbocycles. The van der Waals surface area contributed by atoms with Crippen LogP contribution in [0.5, 0.6) is 0 Å². The van der Waals surface area contributed by atoms with Gasteiger partial charge in [-0.15, -0.1) is 0 Å². The van der Waals surface area contributed by atoms with Gasteiger partial charge in [0.05, 0.1) is 0 Å². The van der Waals surface area contributed by atoms with Gasteiger partial charge in [0, 0.05) is 5.41 Å². The van der Waals surface area contributed by atoms with E-state index in [2.05, 4.69) is 208 Å². The van der Waals surface area contributed by atoms with E-state index in [1.54, 1.807) is 0 Å². The molecule has 266 valence electrons. The maximum atomic E-state index is 2.44. The summed E-state index contributed by atoms with van der Waals surface area (Å²) < 4.78 is 0. The highest BCUT2D eigenvalue weighted by molar-refractivity contribution is 6.23. The Hall–Kier alpha value is -7.02. The van der Waals surface area contributed by atoms with Gasteiger partial charge < -0.3 is 0 Å². The molecule has 0 N–H and O–H groups in total. The lowest BCUT2D eigenvalue weighted by atomic mass is 9.76. The minimum absolute atomic E-state index is 0.200. The molecule has 0 bridgehead atoms. The second-order valence-corrected chi connectivity index (χ2v) is 16.3. The Morgan fingerprint density at radius 3 is 1.39 bits per heavy atom. The quantitative estimate of drug-likeness (QED) is 0.126. The maximum absolute atomic E-state index is 2.44. The van der Waals surface area contributed by atoms with Crippen molar-refractivity contribution in [3.05, 3.63) is 205 Å². The highest BCUT2D eigenvalue weighted by atomic mass is 14.4. The fraction of sp³-hybridized carbons (Fsp3) is 0.0526. The van der Waals surface area contributed by atoms with Crippen molar-refractivity contribution in [3.8, 4) is 44.5 Å². The first-order valence-corrected chi connectivity index (χ1v) is 20.1. The van der Waals surface area contributed by atoms with Crippen molar-refractivity contribution in [2.75, 3.05) is 0 Å². The Balaban J connectivity index is 1.07. The van der Waals surface area contributed by atoms with Crippen molar-refractivity contribution in [1.29, 1.82) is 0 Å². The molecule has 0 aromatic heterocycles. The standard InChI is InChI=1S/C57H38/c1-57(2)55-42(27-14-28-51(55)54-45-21-7-5-19-43(45)44-20-6-12-26-50(44)56(54)57)36-16-13-17-38(33-36)52-46-22-8-10-24-48(46)53(49-25-11-9-23-47(49)52)39-31-32-41-37(34-39)30-29-35-15-3-4-18-40(35)41/h3-34H,1-2H3. The molecular formula is C57H38. The summed E-state index contributed by atoms with van der Waals surface area (Å²) in [7, 11) is 0. The summed E-state index contributed by atoms with van der Waals surface area (Å²) in [4.78, 5) is 0. The Morgan fingerprint density at radius 1 is 0.263 bits per heavy atom. The van der Waals surface area contributed by atoms with Crippen molar-refractivity contribution in [2.45, 2.75) is 19.3 Å². The summed E-state index contributed by atoms with van der Waals surface area (Å²) in [5.41, 5.74) is 13.0. The second kappa shape index (κ2) is 12.0. The molecule has 12 rings (SSSR count). The van der Waals surface area contributed by atoms with Gasteiger partial charge in [-0.25, -0.2) is 0 Å². The Labute approximate surface area is 332 Å². The largest absolute Gasteiger partial charge is 0.0616 e. The van der Waals surface area contributed by atoms with E-state index in [1.165, 1.54) is 120 Å². The predicted molar refractivity (Wildman–Crippen MR) is 245 cm³/mol. The summed E-state index contributed by atoms with van der Waals surface area (Å²) in [6.07, 6.45) is 0. The Kier molecular flexibility index (Phi) is 6.78. The van der Waals surface area contributed by atoms with Crippen LogP contribution in [-0.4, -0.2) is 0 Å². The fourth-order valence-electron chi connectivity index (χ4n) is 10.6. The van der Waals surface area contributed by atoms with Gasteiger partial charge in [-0.3, -0.25) is 0 Å². The SMILES string of the molecule is CC1(C)c2c(-c3cccc(-c4c5ccccc5c(-c5ccc6c(ccc7ccccc76)c5)c5ccccc45)c3)cccc2-c2c1c1ccccc1c1ccccc21. The summed E-state index contributed by atoms with van der Waals surface area (Å²) in [5, 5.41) is 15.5. The highest BCUT2D eigenvalue weighted by Crippen LogP contribution is 2.57. The van der Waals surface area contributed by atoms with E-state index in [-0.39, 0.29) is 5.41 Å². The summed E-state index contributed by atoms with van der Waals surface area (Å²) >= 11 is 0. The maximum Gasteiger partial charge on any atom is 0.0171 e. The van der Waals surface area contributed by atoms with Crippen molar-refractivity contribution >= 4 is 64.6 Å². The van der Waals surface area contributed by atoms with E-state index >= 15 is 0 Å². The number of hydrogen-bond donors (Lipinski definition) is 0. The van der Waals surface area contributed by atoms with Crippen LogP contribution in [0.25, 0.3) is 109 Å². The number of rotatable bonds is 3. The molecule has 0 fully saturated rings. The first-order valence-electron chi connectivity index (χ1n) is 20.1. The average Bonchev–Trinajstić information content (AvgIpc) is 3.52. The third-order valence-electron chi connectivity index (χ3n) is 12.9. The van der Waals surface area contributed by atoms with E-state index in [4.69, 9.17) is 0 Å². The molecule has 0 heterocycles. The smallest absolute Gasteiger partial charge is 0.0171 e. The third kappa shape index (κ3) is 4.56. The molecular weight excluding hydrogens is 685 g/mol. The van der Waals surface area contributed by atoms with Crippen LogP contribution in [0.15, 0.2) is 194 Å². The first-order chi connectivity index (χ1) is 28.1. The van der Waals surface area contributed by atoms with Gasteiger partial charge in [-0.05, 0) is 132 Å². The number of fused-ring (bicyclic) bond motifs is 13. The van der Waals surface area contributed by atoms with E-state index in [9.17, 15) is 0 Å². The number of hydrogen-bond acceptors (Lipinski definition) is 0. The Bertz CT molecular complexity index is 3430. The second-order valence-electron chi connectivity index (χ2n) is 16.3. The molecule has 0 nitrogen and oxygen atoms in total. The molecule has 0 radical (unpaired) electrons. The molecule has 11 aromatic rings. The van der Waals surface area contributed by atoms with Crippen molar-refractivity contribution in [3.63, 3.8) is 0 Å². The van der Waals surface area contributed by atoms with Gasteiger partial charge in [-0.1, -0.05) is 196 Å². The van der Waals surface area contributed by atoms with Gasteiger partial charge in [0.2, 0.25) is 0 Å². The predicted octanol–water partition coefficient (Wildman–Crippen LogP) is 15.9. The zero-order valence-electron chi connectivity index (χ0n) is 32.0. The minimum Gasteiger partial charge on any atom is -0.0616 e. The summed E-state index contributed by atoms with van der Waals surface area (Å²) in [5.74, 6) is 0. The molecule has 0 atom stereocenters. The lowest BCUT2D eigenvalue weighted by molar-refractivity contribution is 0.668. The monoisotopic (exact) mass is 722 g/mol. The van der Waals surface area contributed by atoms with Gasteiger partial charge in [0.15, 0.2) is 0 Å². The zero-order chi connectivity index (χ0) is 37.8. The van der Waals surface area contributed by atoms with Gasteiger partial charge in [0.25, 0.3) is 0 Å². The van der Waals surface area contributed by atoms with E-state index in [1.807, 2.05) is 0 Å². The van der Waals surface area contributed by atoms with Crippen LogP contribution in [0.2, 0.25) is 0 Å². The molecule has 0 unspecified atom stereocenters. The molecule has 0 aliphatic heterocycles. The lowest BCUT2D eigenvalue weighted by Gasteiger charge is -2.26. The highest BCUT2D eigenvalue weighted by Gasteiger charge is 2.40. The number of benzene rings is 11. The van der Waals surface area contributed by atoms with Crippen LogP contribution in [0, 0.1) is 0 Å². The minimum atomic E-state index is -0.200. The van der Waals surface area contributed by atoms with Crippen molar-refractivity contribution in [2.24, 2.45) is 0 Å². The van der Waals surface area contributed by atoms with Gasteiger partial charge in [-0.2, -0.15) is 0 Å². The normalized spacial score (nSPS) is 13.2.